The van der Waals surface area contributed by atoms with Gasteiger partial charge in [-0.25, -0.2) is 4.98 Å². The van der Waals surface area contributed by atoms with Gasteiger partial charge in [-0.2, -0.15) is 0 Å². The molecule has 2 rings (SSSR count). The molecule has 0 aliphatic carbocycles. The van der Waals surface area contributed by atoms with Gasteiger partial charge in [-0.3, -0.25) is 0 Å². The van der Waals surface area contributed by atoms with Crippen LogP contribution < -0.4 is 5.32 Å². The highest BCUT2D eigenvalue weighted by molar-refractivity contribution is 7.07. The van der Waals surface area contributed by atoms with Gasteiger partial charge in [-0.1, -0.05) is 23.7 Å². The summed E-state index contributed by atoms with van der Waals surface area (Å²) in [5.74, 6) is 0. The molecule has 0 fully saturated rings. The van der Waals surface area contributed by atoms with E-state index in [1.54, 1.807) is 11.3 Å². The summed E-state index contributed by atoms with van der Waals surface area (Å²) in [5, 5.41) is 6.25. The molecule has 1 heterocycles. The highest BCUT2D eigenvalue weighted by Gasteiger charge is 1.95. The molecule has 0 bridgehead atoms. The molecule has 2 nitrogen and oxygen atoms in total. The van der Waals surface area contributed by atoms with Crippen molar-refractivity contribution >= 4 is 22.9 Å². The maximum Gasteiger partial charge on any atom is 0.0794 e. The molecule has 0 spiro atoms. The summed E-state index contributed by atoms with van der Waals surface area (Å²) in [6.45, 7) is 1.83. The average Bonchev–Trinajstić information content (AvgIpc) is 2.80. The molecule has 1 aromatic heterocycles. The van der Waals surface area contributed by atoms with Crippen molar-refractivity contribution in [1.82, 2.24) is 10.3 Å². The van der Waals surface area contributed by atoms with Crippen LogP contribution in [0.4, 0.5) is 0 Å². The number of hydrogen-bond acceptors (Lipinski definition) is 3. The number of thiazole rings is 1. The Labute approximate surface area is 104 Å². The zero-order valence-corrected chi connectivity index (χ0v) is 10.4. The van der Waals surface area contributed by atoms with Crippen LogP contribution >= 0.6 is 22.9 Å². The van der Waals surface area contributed by atoms with Crippen molar-refractivity contribution in [3.8, 4) is 0 Å². The first kappa shape index (κ1) is 11.6. The molecule has 0 saturated carbocycles. The van der Waals surface area contributed by atoms with E-state index in [1.165, 1.54) is 5.56 Å². The second-order valence-electron chi connectivity index (χ2n) is 3.53. The highest BCUT2D eigenvalue weighted by atomic mass is 35.5. The van der Waals surface area contributed by atoms with Gasteiger partial charge in [0.05, 0.1) is 11.2 Å². The minimum atomic E-state index is 0.784. The van der Waals surface area contributed by atoms with Gasteiger partial charge in [0.25, 0.3) is 0 Å². The number of halogens is 1. The second kappa shape index (κ2) is 5.99. The number of benzene rings is 1. The smallest absolute Gasteiger partial charge is 0.0794 e. The maximum atomic E-state index is 5.81. The maximum absolute atomic E-state index is 5.81. The number of hydrogen-bond donors (Lipinski definition) is 1. The van der Waals surface area contributed by atoms with Gasteiger partial charge in [0.15, 0.2) is 0 Å². The molecule has 84 valence electrons. The van der Waals surface area contributed by atoms with Crippen LogP contribution in [0.5, 0.6) is 0 Å². The Balaban J connectivity index is 1.70. The lowest BCUT2D eigenvalue weighted by Crippen LogP contribution is -2.16. The predicted molar refractivity (Wildman–Crippen MR) is 69.0 cm³/mol. The van der Waals surface area contributed by atoms with Crippen LogP contribution in [-0.4, -0.2) is 11.5 Å². The fraction of sp³-hybridized carbons (Fsp3) is 0.250. The van der Waals surface area contributed by atoms with Crippen molar-refractivity contribution in [1.29, 1.82) is 0 Å². The molecule has 0 aliphatic rings. The lowest BCUT2D eigenvalue weighted by Gasteiger charge is -2.03. The Bertz CT molecular complexity index is 411. The average molecular weight is 253 g/mol. The molecule has 0 radical (unpaired) electrons. The van der Waals surface area contributed by atoms with Crippen LogP contribution in [0.1, 0.15) is 11.3 Å². The van der Waals surface area contributed by atoms with Crippen LogP contribution in [0.15, 0.2) is 35.2 Å². The molecular formula is C12H13ClN2S. The minimum absolute atomic E-state index is 0.784. The number of nitrogens with zero attached hydrogens (tertiary/aromatic N) is 1. The largest absolute Gasteiger partial charge is 0.312 e. The summed E-state index contributed by atoms with van der Waals surface area (Å²) in [6, 6.07) is 7.91. The van der Waals surface area contributed by atoms with Crippen LogP contribution in [-0.2, 0) is 13.0 Å². The van der Waals surface area contributed by atoms with Crippen molar-refractivity contribution in [3.63, 3.8) is 0 Å². The van der Waals surface area contributed by atoms with Gasteiger partial charge in [0, 0.05) is 29.9 Å². The SMILES string of the molecule is Clc1ccc(CNCCc2cscn2)cc1. The van der Waals surface area contributed by atoms with Gasteiger partial charge in [-0.15, -0.1) is 11.3 Å². The molecule has 0 unspecified atom stereocenters. The molecule has 0 saturated heterocycles. The lowest BCUT2D eigenvalue weighted by atomic mass is 10.2. The monoisotopic (exact) mass is 252 g/mol. The van der Waals surface area contributed by atoms with E-state index in [0.29, 0.717) is 0 Å². The van der Waals surface area contributed by atoms with Crippen LogP contribution in [0.2, 0.25) is 5.02 Å². The number of aromatic nitrogens is 1. The second-order valence-corrected chi connectivity index (χ2v) is 4.69. The van der Waals surface area contributed by atoms with E-state index in [4.69, 9.17) is 11.6 Å². The summed E-state index contributed by atoms with van der Waals surface area (Å²) in [6.07, 6.45) is 0.983. The van der Waals surface area contributed by atoms with Crippen molar-refractivity contribution in [3.05, 3.63) is 51.4 Å². The molecule has 0 atom stereocenters. The van der Waals surface area contributed by atoms with E-state index in [9.17, 15) is 0 Å². The summed E-state index contributed by atoms with van der Waals surface area (Å²) >= 11 is 7.46. The Morgan fingerprint density at radius 1 is 1.25 bits per heavy atom. The predicted octanol–water partition coefficient (Wildman–Crippen LogP) is 3.13. The Kier molecular flexibility index (Phi) is 4.34. The quantitative estimate of drug-likeness (QED) is 0.827. The molecule has 0 aliphatic heterocycles. The van der Waals surface area contributed by atoms with Crippen molar-refractivity contribution < 1.29 is 0 Å². The summed E-state index contributed by atoms with van der Waals surface area (Å²) in [5.41, 5.74) is 4.28. The number of rotatable bonds is 5. The van der Waals surface area contributed by atoms with Gasteiger partial charge in [-0.05, 0) is 17.7 Å². The first-order valence-electron chi connectivity index (χ1n) is 5.17. The molecule has 1 N–H and O–H groups in total. The van der Waals surface area contributed by atoms with Crippen molar-refractivity contribution in [2.75, 3.05) is 6.54 Å². The zero-order valence-electron chi connectivity index (χ0n) is 8.82. The molecule has 1 aromatic carbocycles. The first-order chi connectivity index (χ1) is 7.84. The summed E-state index contributed by atoms with van der Waals surface area (Å²) < 4.78 is 0. The van der Waals surface area contributed by atoms with E-state index >= 15 is 0 Å². The standard InChI is InChI=1S/C12H13ClN2S/c13-11-3-1-10(2-4-11)7-14-6-5-12-8-16-9-15-12/h1-4,8-9,14H,5-7H2. The summed E-state index contributed by atoms with van der Waals surface area (Å²) in [4.78, 5) is 4.23. The van der Waals surface area contributed by atoms with Crippen LogP contribution in [0, 0.1) is 0 Å². The van der Waals surface area contributed by atoms with E-state index < -0.39 is 0 Å². The molecule has 4 heteroatoms. The fourth-order valence-electron chi connectivity index (χ4n) is 1.41. The van der Waals surface area contributed by atoms with Gasteiger partial charge in [0.1, 0.15) is 0 Å². The Hall–Kier alpha value is -0.900. The van der Waals surface area contributed by atoms with Crippen LogP contribution in [0.25, 0.3) is 0 Å². The normalized spacial score (nSPS) is 10.6. The van der Waals surface area contributed by atoms with Gasteiger partial charge < -0.3 is 5.32 Å². The van der Waals surface area contributed by atoms with Crippen molar-refractivity contribution in [2.45, 2.75) is 13.0 Å². The molecular weight excluding hydrogens is 240 g/mol. The Morgan fingerprint density at radius 2 is 2.06 bits per heavy atom. The van der Waals surface area contributed by atoms with Gasteiger partial charge >= 0.3 is 0 Å². The fourth-order valence-corrected chi connectivity index (χ4v) is 2.13. The Morgan fingerprint density at radius 3 is 2.75 bits per heavy atom. The topological polar surface area (TPSA) is 24.9 Å². The third kappa shape index (κ3) is 3.59. The first-order valence-corrected chi connectivity index (χ1v) is 6.49. The van der Waals surface area contributed by atoms with E-state index in [-0.39, 0.29) is 0 Å². The molecule has 16 heavy (non-hydrogen) atoms. The summed E-state index contributed by atoms with van der Waals surface area (Å²) in [7, 11) is 0. The van der Waals surface area contributed by atoms with E-state index in [0.717, 1.165) is 30.2 Å². The minimum Gasteiger partial charge on any atom is -0.312 e. The van der Waals surface area contributed by atoms with E-state index in [1.807, 2.05) is 29.8 Å². The third-order valence-electron chi connectivity index (χ3n) is 2.28. The van der Waals surface area contributed by atoms with Gasteiger partial charge in [0.2, 0.25) is 0 Å². The van der Waals surface area contributed by atoms with E-state index in [2.05, 4.69) is 15.7 Å². The van der Waals surface area contributed by atoms with Crippen LogP contribution in [0.3, 0.4) is 0 Å². The molecule has 0 amide bonds. The lowest BCUT2D eigenvalue weighted by molar-refractivity contribution is 0.681. The highest BCUT2D eigenvalue weighted by Crippen LogP contribution is 2.09. The number of nitrogens with one attached hydrogen (secondary N) is 1. The molecule has 2 aromatic rings. The zero-order chi connectivity index (χ0) is 11.2. The third-order valence-corrected chi connectivity index (χ3v) is 3.17. The van der Waals surface area contributed by atoms with Crippen molar-refractivity contribution in [2.24, 2.45) is 0 Å².